The molecular formula is C10H16N2S2. The monoisotopic (exact) mass is 228 g/mol. The van der Waals surface area contributed by atoms with Gasteiger partial charge in [-0.1, -0.05) is 6.92 Å². The third-order valence-corrected chi connectivity index (χ3v) is 6.48. The molecule has 1 aliphatic rings. The van der Waals surface area contributed by atoms with Gasteiger partial charge in [0.1, 0.15) is 0 Å². The van der Waals surface area contributed by atoms with Gasteiger partial charge in [0, 0.05) is 30.4 Å². The lowest BCUT2D eigenvalue weighted by molar-refractivity contribution is 0.590. The summed E-state index contributed by atoms with van der Waals surface area (Å²) in [6, 6.07) is 0. The molecule has 1 saturated heterocycles. The minimum Gasteiger partial charge on any atom is -0.337 e. The van der Waals surface area contributed by atoms with Crippen LogP contribution >= 0.6 is 23.5 Å². The maximum absolute atomic E-state index is 4.07. The van der Waals surface area contributed by atoms with Gasteiger partial charge in [-0.2, -0.15) is 0 Å². The van der Waals surface area contributed by atoms with E-state index in [0.717, 1.165) is 6.54 Å². The van der Waals surface area contributed by atoms with E-state index in [1.807, 2.05) is 18.7 Å². The average Bonchev–Trinajstić information content (AvgIpc) is 2.87. The first-order valence-corrected chi connectivity index (χ1v) is 7.05. The first kappa shape index (κ1) is 10.4. The van der Waals surface area contributed by atoms with Gasteiger partial charge in [0.15, 0.2) is 0 Å². The van der Waals surface area contributed by atoms with Gasteiger partial charge in [-0.3, -0.25) is 0 Å². The Morgan fingerprint density at radius 3 is 2.79 bits per heavy atom. The Hall–Kier alpha value is -0.0900. The van der Waals surface area contributed by atoms with Gasteiger partial charge in [0.25, 0.3) is 0 Å². The number of aryl methyl sites for hydroxylation is 1. The molecule has 1 fully saturated rings. The van der Waals surface area contributed by atoms with Crippen LogP contribution in [-0.2, 0) is 6.54 Å². The quantitative estimate of drug-likeness (QED) is 0.789. The molecule has 0 N–H and O–H groups in total. The summed E-state index contributed by atoms with van der Waals surface area (Å²) < 4.78 is 2.67. The number of rotatable bonds is 4. The minimum absolute atomic E-state index is 0.490. The molecule has 0 unspecified atom stereocenters. The maximum Gasteiger partial charge on any atom is 0.0945 e. The summed E-state index contributed by atoms with van der Waals surface area (Å²) in [7, 11) is 0. The molecule has 2 heterocycles. The van der Waals surface area contributed by atoms with Crippen molar-refractivity contribution in [1.82, 2.24) is 9.55 Å². The van der Waals surface area contributed by atoms with Gasteiger partial charge in [0.2, 0.25) is 0 Å². The van der Waals surface area contributed by atoms with Gasteiger partial charge in [-0.25, -0.2) is 4.98 Å². The molecule has 1 aromatic rings. The zero-order chi connectivity index (χ0) is 9.86. The highest BCUT2D eigenvalue weighted by atomic mass is 32.2. The number of aromatic nitrogens is 2. The largest absolute Gasteiger partial charge is 0.337 e. The minimum atomic E-state index is 0.490. The summed E-state index contributed by atoms with van der Waals surface area (Å²) >= 11 is 4.28. The zero-order valence-electron chi connectivity index (χ0n) is 8.48. The molecule has 0 aliphatic carbocycles. The van der Waals surface area contributed by atoms with E-state index in [-0.39, 0.29) is 0 Å². The van der Waals surface area contributed by atoms with E-state index in [4.69, 9.17) is 0 Å². The highest BCUT2D eigenvalue weighted by molar-refractivity contribution is 8.21. The predicted octanol–water partition coefficient (Wildman–Crippen LogP) is 2.86. The topological polar surface area (TPSA) is 17.8 Å². The van der Waals surface area contributed by atoms with Crippen LogP contribution in [0, 0.1) is 0 Å². The fraction of sp³-hybridized carbons (Fsp3) is 0.700. The Kier molecular flexibility index (Phi) is 3.44. The average molecular weight is 228 g/mol. The van der Waals surface area contributed by atoms with Crippen molar-refractivity contribution in [2.75, 3.05) is 11.5 Å². The highest BCUT2D eigenvalue weighted by Crippen LogP contribution is 2.48. The number of hydrogen-bond acceptors (Lipinski definition) is 3. The first-order valence-electron chi connectivity index (χ1n) is 5.08. The third-order valence-electron chi connectivity index (χ3n) is 2.66. The molecule has 2 nitrogen and oxygen atoms in total. The van der Waals surface area contributed by atoms with E-state index in [1.165, 1.54) is 24.3 Å². The first-order chi connectivity index (χ1) is 6.85. The number of thioether (sulfide) groups is 2. The summed E-state index contributed by atoms with van der Waals surface area (Å²) in [5.74, 6) is 2.64. The van der Waals surface area contributed by atoms with Crippen molar-refractivity contribution >= 4 is 23.5 Å². The van der Waals surface area contributed by atoms with Crippen molar-refractivity contribution in [2.45, 2.75) is 30.4 Å². The molecule has 0 radical (unpaired) electrons. The molecular weight excluding hydrogens is 212 g/mol. The second-order valence-electron chi connectivity index (χ2n) is 3.51. The van der Waals surface area contributed by atoms with Crippen molar-refractivity contribution in [3.63, 3.8) is 0 Å². The second-order valence-corrected chi connectivity index (χ2v) is 6.73. The Labute approximate surface area is 93.9 Å². The van der Waals surface area contributed by atoms with E-state index in [0.29, 0.717) is 4.08 Å². The van der Waals surface area contributed by atoms with Crippen molar-refractivity contribution in [3.8, 4) is 0 Å². The third kappa shape index (κ3) is 2.28. The molecule has 2 rings (SSSR count). The van der Waals surface area contributed by atoms with Crippen molar-refractivity contribution in [1.29, 1.82) is 0 Å². The molecule has 0 amide bonds. The molecule has 4 heteroatoms. The van der Waals surface area contributed by atoms with Crippen LogP contribution in [0.2, 0.25) is 0 Å². The fourth-order valence-corrected chi connectivity index (χ4v) is 4.86. The van der Waals surface area contributed by atoms with Crippen molar-refractivity contribution < 1.29 is 0 Å². The Morgan fingerprint density at radius 1 is 1.43 bits per heavy atom. The second kappa shape index (κ2) is 4.62. The predicted molar refractivity (Wildman–Crippen MR) is 64.8 cm³/mol. The lowest BCUT2D eigenvalue weighted by Crippen LogP contribution is -2.18. The van der Waals surface area contributed by atoms with Crippen LogP contribution in [-0.4, -0.2) is 25.1 Å². The van der Waals surface area contributed by atoms with Crippen LogP contribution in [0.5, 0.6) is 0 Å². The SMILES string of the molecule is CCC1(CCn2ccnc2)SCCS1. The van der Waals surface area contributed by atoms with Gasteiger partial charge < -0.3 is 4.57 Å². The number of imidazole rings is 1. The zero-order valence-corrected chi connectivity index (χ0v) is 10.1. The van der Waals surface area contributed by atoms with E-state index in [2.05, 4.69) is 40.0 Å². The van der Waals surface area contributed by atoms with Crippen LogP contribution in [0.1, 0.15) is 19.8 Å². The molecule has 0 saturated carbocycles. The van der Waals surface area contributed by atoms with Gasteiger partial charge in [-0.05, 0) is 12.8 Å². The van der Waals surface area contributed by atoms with Crippen LogP contribution in [0.15, 0.2) is 18.7 Å². The van der Waals surface area contributed by atoms with Gasteiger partial charge in [-0.15, -0.1) is 23.5 Å². The maximum atomic E-state index is 4.07. The molecule has 0 bridgehead atoms. The summed E-state index contributed by atoms with van der Waals surface area (Å²) in [6.07, 6.45) is 8.35. The number of hydrogen-bond donors (Lipinski definition) is 0. The van der Waals surface area contributed by atoms with Crippen molar-refractivity contribution in [2.24, 2.45) is 0 Å². The van der Waals surface area contributed by atoms with Crippen molar-refractivity contribution in [3.05, 3.63) is 18.7 Å². The molecule has 1 aliphatic heterocycles. The van der Waals surface area contributed by atoms with Crippen LogP contribution in [0.25, 0.3) is 0 Å². The van der Waals surface area contributed by atoms with E-state index in [9.17, 15) is 0 Å². The van der Waals surface area contributed by atoms with E-state index >= 15 is 0 Å². The number of nitrogens with zero attached hydrogens (tertiary/aromatic N) is 2. The van der Waals surface area contributed by atoms with Gasteiger partial charge in [0.05, 0.1) is 10.4 Å². The molecule has 0 spiro atoms. The molecule has 0 atom stereocenters. The standard InChI is InChI=1S/C10H16N2S2/c1-2-10(13-7-8-14-10)3-5-12-6-4-11-9-12/h4,6,9H,2-3,5,7-8H2,1H3. The molecule has 1 aromatic heterocycles. The Balaban J connectivity index is 1.89. The summed E-state index contributed by atoms with van der Waals surface area (Å²) in [6.45, 7) is 3.41. The highest BCUT2D eigenvalue weighted by Gasteiger charge is 2.33. The molecule has 14 heavy (non-hydrogen) atoms. The molecule has 0 aromatic carbocycles. The smallest absolute Gasteiger partial charge is 0.0945 e. The normalized spacial score (nSPS) is 20.1. The fourth-order valence-electron chi connectivity index (χ4n) is 1.74. The van der Waals surface area contributed by atoms with Crippen LogP contribution < -0.4 is 0 Å². The van der Waals surface area contributed by atoms with Crippen LogP contribution in [0.4, 0.5) is 0 Å². The Morgan fingerprint density at radius 2 is 2.21 bits per heavy atom. The summed E-state index contributed by atoms with van der Waals surface area (Å²) in [4.78, 5) is 4.07. The van der Waals surface area contributed by atoms with E-state index < -0.39 is 0 Å². The summed E-state index contributed by atoms with van der Waals surface area (Å²) in [5, 5.41) is 0. The van der Waals surface area contributed by atoms with Crippen LogP contribution in [0.3, 0.4) is 0 Å². The molecule has 78 valence electrons. The Bertz CT molecular complexity index is 266. The van der Waals surface area contributed by atoms with E-state index in [1.54, 1.807) is 0 Å². The lowest BCUT2D eigenvalue weighted by Gasteiger charge is -2.25. The van der Waals surface area contributed by atoms with Gasteiger partial charge >= 0.3 is 0 Å². The summed E-state index contributed by atoms with van der Waals surface area (Å²) in [5.41, 5.74) is 0. The lowest BCUT2D eigenvalue weighted by atomic mass is 10.2.